The van der Waals surface area contributed by atoms with Gasteiger partial charge in [-0.1, -0.05) is 0 Å². The summed E-state index contributed by atoms with van der Waals surface area (Å²) in [5.74, 6) is 0.638. The summed E-state index contributed by atoms with van der Waals surface area (Å²) in [6.07, 6.45) is 3.37. The molecule has 2 aromatic heterocycles. The molecule has 104 valence electrons. The summed E-state index contributed by atoms with van der Waals surface area (Å²) in [6.45, 7) is 1.77. The molecule has 0 spiro atoms. The van der Waals surface area contributed by atoms with Gasteiger partial charge in [0.25, 0.3) is 0 Å². The number of hydrogen-bond acceptors (Lipinski definition) is 5. The lowest BCUT2D eigenvalue weighted by molar-refractivity contribution is 0.285. The highest BCUT2D eigenvalue weighted by Crippen LogP contribution is 2.25. The number of rotatable bonds is 5. The van der Waals surface area contributed by atoms with Crippen LogP contribution < -0.4 is 4.72 Å². The molecule has 0 saturated heterocycles. The van der Waals surface area contributed by atoms with Gasteiger partial charge in [0.15, 0.2) is 0 Å². The van der Waals surface area contributed by atoms with Gasteiger partial charge < -0.3 is 9.67 Å². The smallest absolute Gasteiger partial charge is 0.250 e. The second-order valence-corrected chi connectivity index (χ2v) is 7.24. The lowest BCUT2D eigenvalue weighted by Crippen LogP contribution is -2.24. The maximum absolute atomic E-state index is 12.1. The van der Waals surface area contributed by atoms with Crippen molar-refractivity contribution in [3.05, 3.63) is 34.7 Å². The molecule has 0 aliphatic carbocycles. The number of hydrogen-bond donors (Lipinski definition) is 2. The maximum atomic E-state index is 12.1. The maximum Gasteiger partial charge on any atom is 0.250 e. The largest absolute Gasteiger partial charge is 0.391 e. The van der Waals surface area contributed by atoms with Crippen molar-refractivity contribution < 1.29 is 13.5 Å². The summed E-state index contributed by atoms with van der Waals surface area (Å²) in [5.41, 5.74) is 0.782. The van der Waals surface area contributed by atoms with Crippen molar-refractivity contribution >= 4 is 21.4 Å². The normalized spacial score (nSPS) is 11.9. The van der Waals surface area contributed by atoms with Crippen LogP contribution in [0.3, 0.4) is 0 Å². The highest BCUT2D eigenvalue weighted by Gasteiger charge is 2.19. The summed E-state index contributed by atoms with van der Waals surface area (Å²) in [7, 11) is -1.76. The Morgan fingerprint density at radius 3 is 2.79 bits per heavy atom. The number of aromatic nitrogens is 2. The van der Waals surface area contributed by atoms with Gasteiger partial charge in [-0.25, -0.2) is 18.1 Å². The first-order chi connectivity index (χ1) is 8.94. The van der Waals surface area contributed by atoms with E-state index in [1.54, 1.807) is 37.0 Å². The van der Waals surface area contributed by atoms with Crippen molar-refractivity contribution in [3.8, 4) is 0 Å². The molecule has 0 radical (unpaired) electrons. The van der Waals surface area contributed by atoms with E-state index >= 15 is 0 Å². The fourth-order valence-electron chi connectivity index (χ4n) is 1.58. The Hall–Kier alpha value is -1.22. The van der Waals surface area contributed by atoms with Crippen molar-refractivity contribution in [1.82, 2.24) is 14.3 Å². The quantitative estimate of drug-likeness (QED) is 0.854. The van der Waals surface area contributed by atoms with Gasteiger partial charge in [-0.2, -0.15) is 0 Å². The molecule has 0 saturated carbocycles. The minimum Gasteiger partial charge on any atom is -0.391 e. The van der Waals surface area contributed by atoms with Crippen molar-refractivity contribution in [3.63, 3.8) is 0 Å². The van der Waals surface area contributed by atoms with Gasteiger partial charge in [0.05, 0.1) is 13.2 Å². The number of thiophene rings is 1. The number of aliphatic hydroxyl groups is 1. The molecule has 0 atom stereocenters. The van der Waals surface area contributed by atoms with Crippen LogP contribution in [0.25, 0.3) is 0 Å². The van der Waals surface area contributed by atoms with E-state index in [1.807, 2.05) is 0 Å². The molecule has 2 aromatic rings. The van der Waals surface area contributed by atoms with Crippen LogP contribution in [0.4, 0.5) is 0 Å². The third-order valence-electron chi connectivity index (χ3n) is 2.75. The number of nitrogens with zero attached hydrogens (tertiary/aromatic N) is 2. The molecule has 2 N–H and O–H groups in total. The minimum atomic E-state index is -3.56. The van der Waals surface area contributed by atoms with Gasteiger partial charge in [-0.3, -0.25) is 0 Å². The summed E-state index contributed by atoms with van der Waals surface area (Å²) in [5, 5.41) is 9.10. The van der Waals surface area contributed by atoms with E-state index in [4.69, 9.17) is 5.11 Å². The zero-order valence-corrected chi connectivity index (χ0v) is 12.3. The van der Waals surface area contributed by atoms with Gasteiger partial charge in [-0.15, -0.1) is 11.3 Å². The number of aryl methyl sites for hydroxylation is 2. The summed E-state index contributed by atoms with van der Waals surface area (Å²) < 4.78 is 28.7. The first-order valence-electron chi connectivity index (χ1n) is 5.60. The number of nitrogens with one attached hydrogen (secondary N) is 1. The highest BCUT2D eigenvalue weighted by atomic mass is 32.2. The van der Waals surface area contributed by atoms with E-state index in [0.29, 0.717) is 10.7 Å². The van der Waals surface area contributed by atoms with E-state index < -0.39 is 10.0 Å². The zero-order valence-electron chi connectivity index (χ0n) is 10.6. The van der Waals surface area contributed by atoms with Crippen molar-refractivity contribution in [2.75, 3.05) is 0 Å². The van der Waals surface area contributed by atoms with Gasteiger partial charge in [0.2, 0.25) is 10.0 Å². The average Bonchev–Trinajstić information content (AvgIpc) is 2.93. The second-order valence-electron chi connectivity index (χ2n) is 4.11. The molecule has 2 heterocycles. The lowest BCUT2D eigenvalue weighted by atomic mass is 10.3. The van der Waals surface area contributed by atoms with Gasteiger partial charge in [0, 0.05) is 24.3 Å². The third-order valence-corrected chi connectivity index (χ3v) is 5.84. The molecule has 0 bridgehead atoms. The Kier molecular flexibility index (Phi) is 4.04. The molecule has 6 nitrogen and oxygen atoms in total. The van der Waals surface area contributed by atoms with Gasteiger partial charge in [0.1, 0.15) is 10.0 Å². The number of aliphatic hydroxyl groups excluding tert-OH is 1. The van der Waals surface area contributed by atoms with Crippen LogP contribution >= 0.6 is 11.3 Å². The van der Waals surface area contributed by atoms with Crippen molar-refractivity contribution in [2.45, 2.75) is 24.3 Å². The first-order valence-corrected chi connectivity index (χ1v) is 7.90. The number of sulfonamides is 1. The van der Waals surface area contributed by atoms with E-state index in [2.05, 4.69) is 9.71 Å². The molecule has 0 aliphatic heterocycles. The fraction of sp³-hybridized carbons (Fsp3) is 0.364. The molecule has 0 aromatic carbocycles. The van der Waals surface area contributed by atoms with Crippen LogP contribution in [-0.2, 0) is 30.2 Å². The predicted octanol–water partition coefficient (Wildman–Crippen LogP) is 0.761. The standard InChI is InChI=1S/C11H15N3O3S2/c1-8-5-11(18-9(8)7-15)19(16,17)13-6-10-12-3-4-14(10)2/h3-5,13,15H,6-7H2,1-2H3. The number of imidazole rings is 1. The van der Waals surface area contributed by atoms with Crippen LogP contribution in [-0.4, -0.2) is 23.1 Å². The van der Waals surface area contributed by atoms with Crippen LogP contribution in [0.5, 0.6) is 0 Å². The summed E-state index contributed by atoms with van der Waals surface area (Å²) >= 11 is 1.08. The van der Waals surface area contributed by atoms with Gasteiger partial charge >= 0.3 is 0 Å². The second kappa shape index (κ2) is 5.41. The zero-order chi connectivity index (χ0) is 14.0. The molecule has 8 heteroatoms. The minimum absolute atomic E-state index is 0.136. The monoisotopic (exact) mass is 301 g/mol. The predicted molar refractivity (Wildman–Crippen MR) is 72.2 cm³/mol. The molecular formula is C11H15N3O3S2. The molecule has 0 amide bonds. The SMILES string of the molecule is Cc1cc(S(=O)(=O)NCc2nccn2C)sc1CO. The van der Waals surface area contributed by atoms with Crippen LogP contribution in [0.15, 0.2) is 22.7 Å². The Labute approximate surface area is 115 Å². The van der Waals surface area contributed by atoms with E-state index in [9.17, 15) is 8.42 Å². The van der Waals surface area contributed by atoms with E-state index in [-0.39, 0.29) is 17.4 Å². The fourth-order valence-corrected chi connectivity index (χ4v) is 4.05. The van der Waals surface area contributed by atoms with Crippen LogP contribution in [0.1, 0.15) is 16.3 Å². The lowest BCUT2D eigenvalue weighted by Gasteiger charge is -2.04. The molecule has 19 heavy (non-hydrogen) atoms. The van der Waals surface area contributed by atoms with Crippen molar-refractivity contribution in [1.29, 1.82) is 0 Å². The molecule has 0 fully saturated rings. The first kappa shape index (κ1) is 14.2. The topological polar surface area (TPSA) is 84.2 Å². The molecule has 2 rings (SSSR count). The Morgan fingerprint density at radius 1 is 1.53 bits per heavy atom. The third kappa shape index (κ3) is 3.03. The highest BCUT2D eigenvalue weighted by molar-refractivity contribution is 7.91. The average molecular weight is 301 g/mol. The van der Waals surface area contributed by atoms with Crippen LogP contribution in [0.2, 0.25) is 0 Å². The Bertz CT molecular complexity index is 673. The Balaban J connectivity index is 2.16. The molecular weight excluding hydrogens is 286 g/mol. The summed E-state index contributed by atoms with van der Waals surface area (Å²) in [4.78, 5) is 4.72. The molecule has 0 aliphatic rings. The summed E-state index contributed by atoms with van der Waals surface area (Å²) in [6, 6.07) is 1.57. The van der Waals surface area contributed by atoms with Crippen molar-refractivity contribution in [2.24, 2.45) is 7.05 Å². The molecule has 0 unspecified atom stereocenters. The van der Waals surface area contributed by atoms with Gasteiger partial charge in [-0.05, 0) is 18.6 Å². The Morgan fingerprint density at radius 2 is 2.26 bits per heavy atom. The van der Waals surface area contributed by atoms with E-state index in [1.165, 1.54) is 0 Å². The van der Waals surface area contributed by atoms with E-state index in [0.717, 1.165) is 16.9 Å². The van der Waals surface area contributed by atoms with Crippen LogP contribution in [0, 0.1) is 6.92 Å².